The highest BCUT2D eigenvalue weighted by Crippen LogP contribution is 2.31. The molecule has 30 heavy (non-hydrogen) atoms. The maximum absolute atomic E-state index is 12.9. The molecule has 0 spiro atoms. The molecule has 0 bridgehead atoms. The topological polar surface area (TPSA) is 70.7 Å². The van der Waals surface area contributed by atoms with E-state index in [0.29, 0.717) is 22.5 Å². The third-order valence-corrected chi connectivity index (χ3v) is 4.84. The van der Waals surface area contributed by atoms with Crippen LogP contribution in [0.1, 0.15) is 17.0 Å². The lowest BCUT2D eigenvalue weighted by Crippen LogP contribution is -2.04. The monoisotopic (exact) mass is 436 g/mol. The lowest BCUT2D eigenvalue weighted by atomic mass is 10.1. The lowest BCUT2D eigenvalue weighted by molar-refractivity contribution is -0.140. The number of benzene rings is 1. The summed E-state index contributed by atoms with van der Waals surface area (Å²) in [4.78, 5) is 11.9. The van der Waals surface area contributed by atoms with Crippen molar-refractivity contribution in [2.75, 3.05) is 0 Å². The number of hydrogen-bond donors (Lipinski definition) is 0. The quantitative estimate of drug-likeness (QED) is 0.445. The fourth-order valence-corrected chi connectivity index (χ4v) is 3.21. The van der Waals surface area contributed by atoms with Crippen LogP contribution < -0.4 is 4.74 Å². The molecular formula is C19H16ClF3N6O. The smallest absolute Gasteiger partial charge is 0.434 e. The van der Waals surface area contributed by atoms with Crippen LogP contribution in [0.15, 0.2) is 30.5 Å². The van der Waals surface area contributed by atoms with Crippen LogP contribution in [0.5, 0.6) is 5.88 Å². The van der Waals surface area contributed by atoms with Crippen LogP contribution in [-0.2, 0) is 26.9 Å². The van der Waals surface area contributed by atoms with Crippen molar-refractivity contribution in [3.8, 4) is 17.3 Å². The average molecular weight is 437 g/mol. The Labute approximate surface area is 174 Å². The van der Waals surface area contributed by atoms with Gasteiger partial charge < -0.3 is 9.30 Å². The average Bonchev–Trinajstić information content (AvgIpc) is 3.20. The van der Waals surface area contributed by atoms with Gasteiger partial charge in [0.1, 0.15) is 17.8 Å². The number of rotatable bonds is 4. The van der Waals surface area contributed by atoms with Gasteiger partial charge in [0.2, 0.25) is 11.2 Å². The number of hydrogen-bond acceptors (Lipinski definition) is 5. The molecule has 0 saturated heterocycles. The first-order valence-corrected chi connectivity index (χ1v) is 9.21. The van der Waals surface area contributed by atoms with Gasteiger partial charge in [-0.3, -0.25) is 4.68 Å². The Balaban J connectivity index is 1.56. The summed E-state index contributed by atoms with van der Waals surface area (Å²) >= 11 is 5.96. The molecule has 0 aliphatic rings. The molecule has 0 fully saturated rings. The minimum absolute atomic E-state index is 0.0289. The lowest BCUT2D eigenvalue weighted by Gasteiger charge is -2.08. The van der Waals surface area contributed by atoms with Crippen molar-refractivity contribution < 1.29 is 17.9 Å². The molecule has 4 aromatic rings. The van der Waals surface area contributed by atoms with Gasteiger partial charge in [-0.05, 0) is 24.1 Å². The summed E-state index contributed by atoms with van der Waals surface area (Å²) in [5.41, 5.74) is 1.71. The summed E-state index contributed by atoms with van der Waals surface area (Å²) in [6, 6.07) is 6.90. The van der Waals surface area contributed by atoms with E-state index >= 15 is 0 Å². The zero-order valence-corrected chi connectivity index (χ0v) is 17.0. The van der Waals surface area contributed by atoms with Gasteiger partial charge in [-0.2, -0.15) is 28.2 Å². The molecule has 0 unspecified atom stereocenters. The number of aryl methyl sites for hydroxylation is 3. The minimum atomic E-state index is -4.49. The molecule has 11 heteroatoms. The molecule has 156 valence electrons. The van der Waals surface area contributed by atoms with E-state index in [2.05, 4.69) is 20.1 Å². The van der Waals surface area contributed by atoms with Gasteiger partial charge in [0.25, 0.3) is 0 Å². The van der Waals surface area contributed by atoms with E-state index in [0.717, 1.165) is 17.5 Å². The number of nitrogens with zero attached hydrogens (tertiary/aromatic N) is 6. The second kappa shape index (κ2) is 7.28. The number of fused-ring (bicyclic) bond motifs is 1. The fourth-order valence-electron chi connectivity index (χ4n) is 3.05. The molecule has 0 aliphatic carbocycles. The minimum Gasteiger partial charge on any atom is -0.472 e. The Bertz CT molecular complexity index is 1230. The predicted octanol–water partition coefficient (Wildman–Crippen LogP) is 4.32. The molecule has 0 N–H and O–H groups in total. The van der Waals surface area contributed by atoms with Crippen LogP contribution in [0.25, 0.3) is 22.4 Å². The number of halogens is 4. The Hall–Kier alpha value is -3.14. The summed E-state index contributed by atoms with van der Waals surface area (Å²) < 4.78 is 47.5. The van der Waals surface area contributed by atoms with Crippen LogP contribution in [-0.4, -0.2) is 29.3 Å². The van der Waals surface area contributed by atoms with Crippen molar-refractivity contribution in [2.45, 2.75) is 19.7 Å². The summed E-state index contributed by atoms with van der Waals surface area (Å²) in [5.74, 6) is 0.545. The highest BCUT2D eigenvalue weighted by Gasteiger charge is 2.34. The molecule has 7 nitrogen and oxygen atoms in total. The molecular weight excluding hydrogens is 421 g/mol. The number of alkyl halides is 3. The first-order valence-electron chi connectivity index (χ1n) is 8.83. The molecule has 0 atom stereocenters. The van der Waals surface area contributed by atoms with Crippen LogP contribution in [0, 0.1) is 6.92 Å². The summed E-state index contributed by atoms with van der Waals surface area (Å²) in [5, 5.41) is 4.97. The Morgan fingerprint density at radius 1 is 1.07 bits per heavy atom. The zero-order valence-electron chi connectivity index (χ0n) is 16.2. The Kier molecular flexibility index (Phi) is 4.89. The van der Waals surface area contributed by atoms with E-state index in [-0.39, 0.29) is 17.7 Å². The largest absolute Gasteiger partial charge is 0.472 e. The molecule has 0 aliphatic heterocycles. The SMILES string of the molecule is Cc1c2c(OCc3ccc(-c4nc(C(F)(F)F)cn4C)cc3)nc(Cl)nc2nn1C. The number of ether oxygens (including phenoxy) is 1. The Morgan fingerprint density at radius 3 is 2.40 bits per heavy atom. The molecule has 3 heterocycles. The van der Waals surface area contributed by atoms with Gasteiger partial charge >= 0.3 is 6.18 Å². The predicted molar refractivity (Wildman–Crippen MR) is 104 cm³/mol. The van der Waals surface area contributed by atoms with E-state index < -0.39 is 11.9 Å². The van der Waals surface area contributed by atoms with Crippen molar-refractivity contribution in [1.82, 2.24) is 29.3 Å². The van der Waals surface area contributed by atoms with Gasteiger partial charge in [-0.25, -0.2) is 4.98 Å². The van der Waals surface area contributed by atoms with Gasteiger partial charge in [0, 0.05) is 31.5 Å². The first kappa shape index (κ1) is 20.1. The van der Waals surface area contributed by atoms with Crippen LogP contribution in [0.3, 0.4) is 0 Å². The van der Waals surface area contributed by atoms with Gasteiger partial charge in [0.15, 0.2) is 11.3 Å². The normalized spacial score (nSPS) is 12.0. The number of imidazole rings is 1. The summed E-state index contributed by atoms with van der Waals surface area (Å²) in [6.45, 7) is 2.06. The molecule has 0 radical (unpaired) electrons. The standard InChI is InChI=1S/C19H16ClF3N6O/c1-10-14-15(27-29(10)3)25-18(20)26-17(14)30-9-11-4-6-12(7-5-11)16-24-13(8-28(16)2)19(21,22)23/h4-8H,9H2,1-3H3. The summed E-state index contributed by atoms with van der Waals surface area (Å²) in [6.07, 6.45) is -3.52. The number of aromatic nitrogens is 6. The maximum atomic E-state index is 12.9. The first-order chi connectivity index (χ1) is 14.1. The molecule has 1 aromatic carbocycles. The second-order valence-electron chi connectivity index (χ2n) is 6.75. The fraction of sp³-hybridized carbons (Fsp3) is 0.263. The molecule has 0 saturated carbocycles. The second-order valence-corrected chi connectivity index (χ2v) is 7.09. The molecule has 4 rings (SSSR count). The third-order valence-electron chi connectivity index (χ3n) is 4.68. The molecule has 3 aromatic heterocycles. The van der Waals surface area contributed by atoms with Crippen molar-refractivity contribution in [2.24, 2.45) is 14.1 Å². The van der Waals surface area contributed by atoms with Crippen molar-refractivity contribution in [3.63, 3.8) is 0 Å². The summed E-state index contributed by atoms with van der Waals surface area (Å²) in [7, 11) is 3.31. The van der Waals surface area contributed by atoms with E-state index in [1.54, 1.807) is 36.0 Å². The van der Waals surface area contributed by atoms with E-state index in [4.69, 9.17) is 16.3 Å². The van der Waals surface area contributed by atoms with Crippen molar-refractivity contribution >= 4 is 22.6 Å². The van der Waals surface area contributed by atoms with Gasteiger partial charge in [0.05, 0.1) is 0 Å². The van der Waals surface area contributed by atoms with Crippen LogP contribution >= 0.6 is 11.6 Å². The van der Waals surface area contributed by atoms with Crippen LogP contribution in [0.4, 0.5) is 13.2 Å². The van der Waals surface area contributed by atoms with Gasteiger partial charge in [-0.1, -0.05) is 24.3 Å². The van der Waals surface area contributed by atoms with E-state index in [1.807, 2.05) is 6.92 Å². The van der Waals surface area contributed by atoms with Crippen molar-refractivity contribution in [3.05, 3.63) is 52.7 Å². The third kappa shape index (κ3) is 3.70. The maximum Gasteiger partial charge on any atom is 0.434 e. The van der Waals surface area contributed by atoms with Crippen molar-refractivity contribution in [1.29, 1.82) is 0 Å². The Morgan fingerprint density at radius 2 is 1.77 bits per heavy atom. The highest BCUT2D eigenvalue weighted by molar-refractivity contribution is 6.28. The van der Waals surface area contributed by atoms with E-state index in [9.17, 15) is 13.2 Å². The highest BCUT2D eigenvalue weighted by atomic mass is 35.5. The molecule has 0 amide bonds. The van der Waals surface area contributed by atoms with Crippen LogP contribution in [0.2, 0.25) is 5.28 Å². The zero-order chi connectivity index (χ0) is 21.6. The van der Waals surface area contributed by atoms with Gasteiger partial charge in [-0.15, -0.1) is 0 Å². The van der Waals surface area contributed by atoms with E-state index in [1.165, 1.54) is 11.6 Å².